The average molecular weight is 365 g/mol. The summed E-state index contributed by atoms with van der Waals surface area (Å²) in [4.78, 5) is 19.7. The second kappa shape index (κ2) is 5.85. The van der Waals surface area contributed by atoms with Gasteiger partial charge in [-0.05, 0) is 42.0 Å². The minimum Gasteiger partial charge on any atom is -0.468 e. The van der Waals surface area contributed by atoms with Gasteiger partial charge in [-0.15, -0.1) is 11.3 Å². The van der Waals surface area contributed by atoms with Crippen molar-refractivity contribution in [1.29, 1.82) is 0 Å². The molecule has 0 unspecified atom stereocenters. The summed E-state index contributed by atoms with van der Waals surface area (Å²) in [5, 5.41) is 1.36. The fourth-order valence-electron chi connectivity index (χ4n) is 2.81. The number of hydrogen-bond donors (Lipinski definition) is 0. The van der Waals surface area contributed by atoms with Crippen molar-refractivity contribution in [2.45, 2.75) is 12.2 Å². The molecule has 0 bridgehead atoms. The highest BCUT2D eigenvalue weighted by atomic mass is 35.5. The highest BCUT2D eigenvalue weighted by Crippen LogP contribution is 2.36. The van der Waals surface area contributed by atoms with Crippen LogP contribution in [0, 0.1) is 0 Å². The number of methoxy groups -OCH3 is 1. The van der Waals surface area contributed by atoms with Crippen molar-refractivity contribution >= 4 is 44.9 Å². The summed E-state index contributed by atoms with van der Waals surface area (Å²) in [5.74, 6) is 2.00. The molecule has 2 aromatic heterocycles. The Morgan fingerprint density at radius 1 is 1.30 bits per heavy atom. The Bertz CT molecular complexity index is 947. The van der Waals surface area contributed by atoms with Crippen molar-refractivity contribution < 1.29 is 4.74 Å². The van der Waals surface area contributed by atoms with Crippen LogP contribution >= 0.6 is 34.7 Å². The van der Waals surface area contributed by atoms with E-state index in [4.69, 9.17) is 16.3 Å². The van der Waals surface area contributed by atoms with Crippen molar-refractivity contribution in [2.75, 3.05) is 12.9 Å². The molecule has 0 saturated carbocycles. The number of rotatable bonds is 2. The van der Waals surface area contributed by atoms with Gasteiger partial charge in [-0.3, -0.25) is 4.79 Å². The van der Waals surface area contributed by atoms with E-state index >= 15 is 0 Å². The topological polar surface area (TPSA) is 44.1 Å². The number of halogens is 1. The average Bonchev–Trinajstić information content (AvgIpc) is 2.94. The van der Waals surface area contributed by atoms with Gasteiger partial charge in [0.05, 0.1) is 18.2 Å². The van der Waals surface area contributed by atoms with Crippen LogP contribution in [0.4, 0.5) is 0 Å². The van der Waals surface area contributed by atoms with Gasteiger partial charge in [0.1, 0.15) is 4.83 Å². The Morgan fingerprint density at radius 3 is 2.83 bits per heavy atom. The van der Waals surface area contributed by atoms with E-state index in [-0.39, 0.29) is 5.56 Å². The molecule has 0 amide bonds. The van der Waals surface area contributed by atoms with E-state index in [9.17, 15) is 4.79 Å². The molecule has 1 aromatic carbocycles. The molecule has 1 aliphatic heterocycles. The number of hydrogen-bond acceptors (Lipinski definition) is 5. The number of aromatic nitrogens is 2. The lowest BCUT2D eigenvalue weighted by Gasteiger charge is -2.12. The number of ether oxygens (including phenoxy) is 1. The first kappa shape index (κ1) is 15.1. The summed E-state index contributed by atoms with van der Waals surface area (Å²) in [5.41, 5.74) is 1.79. The van der Waals surface area contributed by atoms with E-state index in [0.717, 1.165) is 33.7 Å². The minimum absolute atomic E-state index is 0.0708. The van der Waals surface area contributed by atoms with Crippen LogP contribution in [0.15, 0.2) is 29.1 Å². The van der Waals surface area contributed by atoms with Gasteiger partial charge in [0.2, 0.25) is 0 Å². The van der Waals surface area contributed by atoms with Crippen LogP contribution in [0.25, 0.3) is 15.9 Å². The number of aryl methyl sites for hydroxylation is 1. The van der Waals surface area contributed by atoms with Gasteiger partial charge in [-0.1, -0.05) is 11.6 Å². The Hall–Kier alpha value is -1.50. The first-order valence-electron chi connectivity index (χ1n) is 7.14. The van der Waals surface area contributed by atoms with Gasteiger partial charge in [0, 0.05) is 15.7 Å². The highest BCUT2D eigenvalue weighted by Gasteiger charge is 2.23. The molecule has 0 aliphatic carbocycles. The van der Waals surface area contributed by atoms with E-state index in [1.54, 1.807) is 35.6 Å². The maximum Gasteiger partial charge on any atom is 0.305 e. The summed E-state index contributed by atoms with van der Waals surface area (Å²) in [6.07, 6.45) is 0.921. The SMILES string of the molecule is COc1nc2sc3c(c2c(=O)n1-c1ccc(Cl)cc1)CCSC3. The Kier molecular flexibility index (Phi) is 3.83. The fraction of sp³-hybridized carbons (Fsp3) is 0.250. The van der Waals surface area contributed by atoms with Gasteiger partial charge in [0.25, 0.3) is 5.56 Å². The standard InChI is InChI=1S/C16H13ClN2O2S2/c1-21-16-18-14-13(11-6-7-22-8-12(11)23-14)15(20)19(16)10-4-2-9(17)3-5-10/h2-5H,6-8H2,1H3. The lowest BCUT2D eigenvalue weighted by atomic mass is 10.1. The van der Waals surface area contributed by atoms with Crippen LogP contribution in [0.2, 0.25) is 5.02 Å². The summed E-state index contributed by atoms with van der Waals surface area (Å²) < 4.78 is 6.89. The predicted octanol–water partition coefficient (Wildman–Crippen LogP) is 3.90. The third kappa shape index (κ3) is 2.45. The summed E-state index contributed by atoms with van der Waals surface area (Å²) >= 11 is 9.45. The van der Waals surface area contributed by atoms with Crippen LogP contribution in [-0.4, -0.2) is 22.4 Å². The molecule has 0 fully saturated rings. The number of nitrogens with zero attached hydrogens (tertiary/aromatic N) is 2. The Labute approximate surface area is 146 Å². The summed E-state index contributed by atoms with van der Waals surface area (Å²) in [6, 6.07) is 7.42. The van der Waals surface area contributed by atoms with E-state index in [1.165, 1.54) is 16.6 Å². The van der Waals surface area contributed by atoms with Crippen LogP contribution < -0.4 is 10.3 Å². The molecule has 7 heteroatoms. The number of thioether (sulfide) groups is 1. The first-order chi connectivity index (χ1) is 11.2. The Balaban J connectivity index is 2.04. The van der Waals surface area contributed by atoms with E-state index < -0.39 is 0 Å². The molecule has 118 valence electrons. The molecule has 4 rings (SSSR count). The highest BCUT2D eigenvalue weighted by molar-refractivity contribution is 7.98. The van der Waals surface area contributed by atoms with Gasteiger partial charge in [-0.25, -0.2) is 4.57 Å². The monoisotopic (exact) mass is 364 g/mol. The van der Waals surface area contributed by atoms with Crippen molar-refractivity contribution in [2.24, 2.45) is 0 Å². The molecule has 0 N–H and O–H groups in total. The third-order valence-corrected chi connectivity index (χ3v) is 6.42. The van der Waals surface area contributed by atoms with Crippen molar-refractivity contribution in [3.8, 4) is 11.7 Å². The molecule has 0 saturated heterocycles. The van der Waals surface area contributed by atoms with E-state index in [1.807, 2.05) is 11.8 Å². The lowest BCUT2D eigenvalue weighted by molar-refractivity contribution is 0.368. The second-order valence-corrected chi connectivity index (χ2v) is 7.83. The van der Waals surface area contributed by atoms with Crippen LogP contribution in [0.5, 0.6) is 6.01 Å². The predicted molar refractivity (Wildman–Crippen MR) is 96.6 cm³/mol. The largest absolute Gasteiger partial charge is 0.468 e. The van der Waals surface area contributed by atoms with Gasteiger partial charge >= 0.3 is 6.01 Å². The molecule has 0 spiro atoms. The Morgan fingerprint density at radius 2 is 2.09 bits per heavy atom. The van der Waals surface area contributed by atoms with Gasteiger partial charge < -0.3 is 4.74 Å². The first-order valence-corrected chi connectivity index (χ1v) is 9.49. The molecule has 0 atom stereocenters. The van der Waals surface area contributed by atoms with Crippen LogP contribution in [-0.2, 0) is 12.2 Å². The smallest absolute Gasteiger partial charge is 0.305 e. The number of fused-ring (bicyclic) bond motifs is 3. The molecule has 4 nitrogen and oxygen atoms in total. The zero-order valence-corrected chi connectivity index (χ0v) is 14.7. The van der Waals surface area contributed by atoms with Crippen molar-refractivity contribution in [1.82, 2.24) is 9.55 Å². The van der Waals surface area contributed by atoms with Crippen molar-refractivity contribution in [3.63, 3.8) is 0 Å². The van der Waals surface area contributed by atoms with Crippen LogP contribution in [0.1, 0.15) is 10.4 Å². The fourth-order valence-corrected chi connectivity index (χ4v) is 5.27. The normalized spacial score (nSPS) is 14.0. The summed E-state index contributed by atoms with van der Waals surface area (Å²) in [6.45, 7) is 0. The van der Waals surface area contributed by atoms with E-state index in [2.05, 4.69) is 4.98 Å². The lowest BCUT2D eigenvalue weighted by Crippen LogP contribution is -2.22. The maximum absolute atomic E-state index is 13.1. The molecule has 3 heterocycles. The molecule has 1 aliphatic rings. The minimum atomic E-state index is -0.0708. The third-order valence-electron chi connectivity index (χ3n) is 3.87. The zero-order chi connectivity index (χ0) is 16.0. The van der Waals surface area contributed by atoms with E-state index in [0.29, 0.717) is 16.7 Å². The quantitative estimate of drug-likeness (QED) is 0.691. The molecule has 23 heavy (non-hydrogen) atoms. The maximum atomic E-state index is 13.1. The molecule has 0 radical (unpaired) electrons. The van der Waals surface area contributed by atoms with Gasteiger partial charge in [-0.2, -0.15) is 16.7 Å². The number of benzene rings is 1. The second-order valence-electron chi connectivity index (χ2n) is 5.20. The molecule has 3 aromatic rings. The zero-order valence-electron chi connectivity index (χ0n) is 12.3. The number of thiophene rings is 1. The van der Waals surface area contributed by atoms with Crippen LogP contribution in [0.3, 0.4) is 0 Å². The summed E-state index contributed by atoms with van der Waals surface area (Å²) in [7, 11) is 1.53. The molecular weight excluding hydrogens is 352 g/mol. The molecular formula is C16H13ClN2O2S2. The van der Waals surface area contributed by atoms with Gasteiger partial charge in [0.15, 0.2) is 0 Å². The van der Waals surface area contributed by atoms with Crippen molar-refractivity contribution in [3.05, 3.63) is 50.1 Å².